The summed E-state index contributed by atoms with van der Waals surface area (Å²) in [5, 5.41) is 2.28. The Balaban J connectivity index is 1.04. The maximum atomic E-state index is 6.31. The van der Waals surface area contributed by atoms with Crippen molar-refractivity contribution in [2.75, 3.05) is 0 Å². The van der Waals surface area contributed by atoms with Gasteiger partial charge in [-0.3, -0.25) is 4.57 Å². The quantitative estimate of drug-likeness (QED) is 0.178. The Labute approximate surface area is 317 Å². The van der Waals surface area contributed by atoms with E-state index in [1.54, 1.807) is 0 Å². The molecule has 3 aromatic heterocycles. The van der Waals surface area contributed by atoms with E-state index in [9.17, 15) is 0 Å². The summed E-state index contributed by atoms with van der Waals surface area (Å²) in [5.41, 5.74) is 13.7. The fraction of sp³-hybridized carbons (Fsp3) is 0.0612. The molecule has 11 rings (SSSR count). The predicted molar refractivity (Wildman–Crippen MR) is 221 cm³/mol. The van der Waals surface area contributed by atoms with Gasteiger partial charge in [0.25, 0.3) is 0 Å². The number of hydrogen-bond acceptors (Lipinski definition) is 5. The van der Waals surface area contributed by atoms with Crippen LogP contribution < -0.4 is 0 Å². The standard InChI is InChI=1S/C49H33N5O/c1-49(2)39-27-34(22-24-35(39)37-28-41-44(29-40(37)49)55-47(50-41)32-18-10-5-11-19-32)33-23-25-43-38(26-33)36-20-12-13-21-42(36)54(43)48-52-45(30-14-6-3-7-15-30)51-46(53-48)31-16-8-4-9-17-31/h3-29H,1-2H3. The zero-order valence-electron chi connectivity index (χ0n) is 30.2. The van der Waals surface area contributed by atoms with Crippen molar-refractivity contribution in [3.05, 3.63) is 175 Å². The number of benzene rings is 7. The molecule has 0 fully saturated rings. The van der Waals surface area contributed by atoms with Crippen LogP contribution in [0.2, 0.25) is 0 Å². The summed E-state index contributed by atoms with van der Waals surface area (Å²) >= 11 is 0. The average Bonchev–Trinajstić information content (AvgIpc) is 3.88. The minimum absolute atomic E-state index is 0.222. The monoisotopic (exact) mass is 707 g/mol. The van der Waals surface area contributed by atoms with Crippen LogP contribution in [0.15, 0.2) is 168 Å². The van der Waals surface area contributed by atoms with E-state index in [2.05, 4.69) is 91.2 Å². The molecule has 1 aliphatic carbocycles. The third-order valence-electron chi connectivity index (χ3n) is 11.1. The Morgan fingerprint density at radius 3 is 1.75 bits per heavy atom. The first kappa shape index (κ1) is 31.4. The molecule has 6 nitrogen and oxygen atoms in total. The Hall–Kier alpha value is -7.18. The summed E-state index contributed by atoms with van der Waals surface area (Å²) in [6.45, 7) is 4.61. The van der Waals surface area contributed by atoms with Gasteiger partial charge in [0.15, 0.2) is 17.2 Å². The Bertz CT molecular complexity index is 3050. The molecule has 7 aromatic carbocycles. The SMILES string of the molecule is CC1(C)c2cc(-c3ccc4c(c3)c3ccccc3n4-c3nc(-c4ccccc4)nc(-c4ccccc4)n3)ccc2-c2cc3nc(-c4ccccc4)oc3cc21. The van der Waals surface area contributed by atoms with Crippen LogP contribution in [0.25, 0.3) is 95.3 Å². The topological polar surface area (TPSA) is 69.6 Å². The first-order valence-electron chi connectivity index (χ1n) is 18.6. The molecule has 0 saturated carbocycles. The molecule has 10 aromatic rings. The number of nitrogens with zero attached hydrogens (tertiary/aromatic N) is 5. The number of para-hydroxylation sites is 1. The van der Waals surface area contributed by atoms with Crippen LogP contribution in [0, 0.1) is 0 Å². The molecule has 0 saturated heterocycles. The maximum absolute atomic E-state index is 6.31. The van der Waals surface area contributed by atoms with Crippen LogP contribution in [0.1, 0.15) is 25.0 Å². The molecular weight excluding hydrogens is 675 g/mol. The van der Waals surface area contributed by atoms with Crippen molar-refractivity contribution in [1.82, 2.24) is 24.5 Å². The van der Waals surface area contributed by atoms with Crippen molar-refractivity contribution in [3.8, 4) is 62.4 Å². The molecule has 0 aliphatic heterocycles. The highest BCUT2D eigenvalue weighted by molar-refractivity contribution is 6.10. The van der Waals surface area contributed by atoms with Gasteiger partial charge in [-0.05, 0) is 81.9 Å². The molecule has 0 amide bonds. The summed E-state index contributed by atoms with van der Waals surface area (Å²) in [4.78, 5) is 20.0. The van der Waals surface area contributed by atoms with E-state index in [1.165, 1.54) is 27.8 Å². The number of aromatic nitrogens is 5. The van der Waals surface area contributed by atoms with Crippen LogP contribution in [-0.2, 0) is 5.41 Å². The van der Waals surface area contributed by atoms with E-state index in [0.29, 0.717) is 23.5 Å². The van der Waals surface area contributed by atoms with E-state index in [-0.39, 0.29) is 5.41 Å². The van der Waals surface area contributed by atoms with Gasteiger partial charge in [0.2, 0.25) is 11.8 Å². The maximum Gasteiger partial charge on any atom is 0.238 e. The number of fused-ring (bicyclic) bond motifs is 7. The Morgan fingerprint density at radius 2 is 1.04 bits per heavy atom. The molecule has 6 heteroatoms. The summed E-state index contributed by atoms with van der Waals surface area (Å²) < 4.78 is 8.48. The average molecular weight is 708 g/mol. The Kier molecular flexibility index (Phi) is 6.79. The van der Waals surface area contributed by atoms with Gasteiger partial charge in [-0.2, -0.15) is 9.97 Å². The molecule has 1 aliphatic rings. The molecule has 0 spiro atoms. The van der Waals surface area contributed by atoms with E-state index in [0.717, 1.165) is 55.2 Å². The minimum atomic E-state index is -0.222. The van der Waals surface area contributed by atoms with Gasteiger partial charge in [0.05, 0.1) is 11.0 Å². The lowest BCUT2D eigenvalue weighted by Gasteiger charge is -2.22. The minimum Gasteiger partial charge on any atom is -0.436 e. The van der Waals surface area contributed by atoms with E-state index < -0.39 is 0 Å². The van der Waals surface area contributed by atoms with Gasteiger partial charge < -0.3 is 4.42 Å². The number of rotatable bonds is 5. The highest BCUT2D eigenvalue weighted by atomic mass is 16.3. The molecular formula is C49H33N5O. The highest BCUT2D eigenvalue weighted by Gasteiger charge is 2.36. The molecule has 0 N–H and O–H groups in total. The normalized spacial score (nSPS) is 13.1. The molecule has 0 atom stereocenters. The smallest absolute Gasteiger partial charge is 0.238 e. The van der Waals surface area contributed by atoms with Crippen molar-refractivity contribution in [1.29, 1.82) is 0 Å². The predicted octanol–water partition coefficient (Wildman–Crippen LogP) is 12.1. The summed E-state index contributed by atoms with van der Waals surface area (Å²) in [6, 6.07) is 56.8. The lowest BCUT2D eigenvalue weighted by atomic mass is 9.81. The van der Waals surface area contributed by atoms with Gasteiger partial charge in [0, 0.05) is 32.9 Å². The second-order valence-corrected chi connectivity index (χ2v) is 14.7. The third kappa shape index (κ3) is 4.95. The van der Waals surface area contributed by atoms with Crippen LogP contribution in [0.4, 0.5) is 0 Å². The highest BCUT2D eigenvalue weighted by Crippen LogP contribution is 2.51. The first-order chi connectivity index (χ1) is 27.0. The largest absolute Gasteiger partial charge is 0.436 e. The van der Waals surface area contributed by atoms with Crippen molar-refractivity contribution in [2.45, 2.75) is 19.3 Å². The summed E-state index contributed by atoms with van der Waals surface area (Å²) in [7, 11) is 0. The van der Waals surface area contributed by atoms with Crippen molar-refractivity contribution >= 4 is 32.9 Å². The number of hydrogen-bond donors (Lipinski definition) is 0. The molecule has 0 bridgehead atoms. The molecule has 55 heavy (non-hydrogen) atoms. The van der Waals surface area contributed by atoms with Gasteiger partial charge >= 0.3 is 0 Å². The molecule has 260 valence electrons. The lowest BCUT2D eigenvalue weighted by molar-refractivity contribution is 0.614. The second kappa shape index (κ2) is 11.9. The van der Waals surface area contributed by atoms with Crippen LogP contribution in [-0.4, -0.2) is 24.5 Å². The van der Waals surface area contributed by atoms with Gasteiger partial charge in [-0.1, -0.05) is 129 Å². The van der Waals surface area contributed by atoms with Gasteiger partial charge in [-0.15, -0.1) is 0 Å². The second-order valence-electron chi connectivity index (χ2n) is 14.7. The van der Waals surface area contributed by atoms with Crippen LogP contribution in [0.5, 0.6) is 0 Å². The zero-order valence-corrected chi connectivity index (χ0v) is 30.2. The third-order valence-corrected chi connectivity index (χ3v) is 11.1. The van der Waals surface area contributed by atoms with Gasteiger partial charge in [-0.25, -0.2) is 9.97 Å². The van der Waals surface area contributed by atoms with E-state index >= 15 is 0 Å². The zero-order chi connectivity index (χ0) is 36.7. The fourth-order valence-corrected chi connectivity index (χ4v) is 8.30. The molecule has 3 heterocycles. The number of oxazole rings is 1. The van der Waals surface area contributed by atoms with Crippen LogP contribution in [0.3, 0.4) is 0 Å². The van der Waals surface area contributed by atoms with E-state index in [1.807, 2.05) is 91.0 Å². The lowest BCUT2D eigenvalue weighted by Crippen LogP contribution is -2.15. The van der Waals surface area contributed by atoms with Crippen molar-refractivity contribution in [2.24, 2.45) is 0 Å². The summed E-state index contributed by atoms with van der Waals surface area (Å²) in [6.07, 6.45) is 0. The van der Waals surface area contributed by atoms with Crippen LogP contribution >= 0.6 is 0 Å². The molecule has 0 unspecified atom stereocenters. The Morgan fingerprint density at radius 1 is 0.455 bits per heavy atom. The fourth-order valence-electron chi connectivity index (χ4n) is 8.30. The summed E-state index contributed by atoms with van der Waals surface area (Å²) in [5.74, 6) is 2.50. The van der Waals surface area contributed by atoms with Crippen molar-refractivity contribution in [3.63, 3.8) is 0 Å². The molecule has 0 radical (unpaired) electrons. The van der Waals surface area contributed by atoms with Gasteiger partial charge in [0.1, 0.15) is 5.52 Å². The first-order valence-corrected chi connectivity index (χ1v) is 18.6. The van der Waals surface area contributed by atoms with Crippen molar-refractivity contribution < 1.29 is 4.42 Å². The van der Waals surface area contributed by atoms with E-state index in [4.69, 9.17) is 24.4 Å².